The van der Waals surface area contributed by atoms with Crippen LogP contribution in [0.3, 0.4) is 0 Å². The van der Waals surface area contributed by atoms with Gasteiger partial charge < -0.3 is 10.2 Å². The number of thioether (sulfide) groups is 1. The van der Waals surface area contributed by atoms with E-state index in [1.165, 1.54) is 11.3 Å². The number of anilines is 1. The lowest BCUT2D eigenvalue weighted by Crippen LogP contribution is -2.38. The van der Waals surface area contributed by atoms with Gasteiger partial charge in [-0.1, -0.05) is 39.0 Å². The van der Waals surface area contributed by atoms with Crippen molar-refractivity contribution in [1.82, 2.24) is 14.9 Å². The van der Waals surface area contributed by atoms with Crippen molar-refractivity contribution < 1.29 is 9.59 Å². The van der Waals surface area contributed by atoms with Gasteiger partial charge in [-0.25, -0.2) is 4.98 Å². The highest BCUT2D eigenvalue weighted by Gasteiger charge is 2.27. The van der Waals surface area contributed by atoms with E-state index >= 15 is 0 Å². The molecule has 1 saturated heterocycles. The summed E-state index contributed by atoms with van der Waals surface area (Å²) in [5, 5.41) is 5.86. The number of carbonyl (C=O) groups excluding carboxylic acids is 2. The Labute approximate surface area is 209 Å². The standard InChI is InChI=1S/C26H30N4O2S2/c1-26(2,3)20-6-4-5-7-21(20)28-24(32)22-16-34-25(29-22)18-10-14-30(15-11-18)23(31)17-33-19-8-12-27-13-9-19/h4-9,12-13,16,18H,10-11,14-15,17H2,1-3H3,(H,28,32). The Morgan fingerprint density at radius 2 is 1.82 bits per heavy atom. The Morgan fingerprint density at radius 3 is 2.53 bits per heavy atom. The van der Waals surface area contributed by atoms with Gasteiger partial charge in [-0.05, 0) is 42.0 Å². The van der Waals surface area contributed by atoms with Gasteiger partial charge >= 0.3 is 0 Å². The zero-order chi connectivity index (χ0) is 24.1. The second kappa shape index (κ2) is 10.7. The molecule has 0 bridgehead atoms. The number of hydrogen-bond acceptors (Lipinski definition) is 6. The quantitative estimate of drug-likeness (QED) is 0.453. The van der Waals surface area contributed by atoms with E-state index in [4.69, 9.17) is 0 Å². The molecule has 0 aliphatic carbocycles. The molecule has 1 aromatic carbocycles. The first-order chi connectivity index (χ1) is 16.3. The minimum absolute atomic E-state index is 0.0701. The molecule has 178 valence electrons. The van der Waals surface area contributed by atoms with Gasteiger partial charge in [0.1, 0.15) is 5.69 Å². The molecule has 6 nitrogen and oxygen atoms in total. The number of para-hydroxylation sites is 1. The molecule has 1 aliphatic heterocycles. The van der Waals surface area contributed by atoms with E-state index in [1.807, 2.05) is 46.7 Å². The number of thiazole rings is 1. The lowest BCUT2D eigenvalue weighted by Gasteiger charge is -2.31. The summed E-state index contributed by atoms with van der Waals surface area (Å²) in [5.74, 6) is 0.703. The Hall–Kier alpha value is -2.71. The van der Waals surface area contributed by atoms with E-state index in [0.717, 1.165) is 47.1 Å². The minimum Gasteiger partial charge on any atom is -0.342 e. The van der Waals surface area contributed by atoms with E-state index in [9.17, 15) is 9.59 Å². The van der Waals surface area contributed by atoms with E-state index in [-0.39, 0.29) is 23.1 Å². The molecule has 1 aliphatic rings. The third kappa shape index (κ3) is 6.04. The van der Waals surface area contributed by atoms with Crippen LogP contribution in [-0.4, -0.2) is 45.5 Å². The van der Waals surface area contributed by atoms with Gasteiger partial charge in [-0.15, -0.1) is 23.1 Å². The predicted octanol–water partition coefficient (Wildman–Crippen LogP) is 5.59. The van der Waals surface area contributed by atoms with Gasteiger partial charge in [-0.3, -0.25) is 14.6 Å². The van der Waals surface area contributed by atoms with Crippen LogP contribution >= 0.6 is 23.1 Å². The maximum atomic E-state index is 12.9. The summed E-state index contributed by atoms with van der Waals surface area (Å²) in [7, 11) is 0. The smallest absolute Gasteiger partial charge is 0.275 e. The molecule has 1 N–H and O–H groups in total. The number of carbonyl (C=O) groups is 2. The molecule has 0 radical (unpaired) electrons. The fourth-order valence-corrected chi connectivity index (χ4v) is 5.82. The van der Waals surface area contributed by atoms with Crippen molar-refractivity contribution >= 4 is 40.6 Å². The summed E-state index contributed by atoms with van der Waals surface area (Å²) in [5.41, 5.74) is 2.30. The van der Waals surface area contributed by atoms with Gasteiger partial charge in [0.05, 0.1) is 10.8 Å². The van der Waals surface area contributed by atoms with E-state index in [2.05, 4.69) is 36.1 Å². The van der Waals surface area contributed by atoms with Crippen molar-refractivity contribution in [3.63, 3.8) is 0 Å². The van der Waals surface area contributed by atoms with Crippen LogP contribution in [0.5, 0.6) is 0 Å². The van der Waals surface area contributed by atoms with Crippen LogP contribution < -0.4 is 5.32 Å². The second-order valence-corrected chi connectivity index (χ2v) is 11.4. The first-order valence-corrected chi connectivity index (χ1v) is 13.3. The molecule has 0 atom stereocenters. The predicted molar refractivity (Wildman–Crippen MR) is 139 cm³/mol. The molecule has 0 spiro atoms. The van der Waals surface area contributed by atoms with E-state index in [0.29, 0.717) is 11.4 Å². The van der Waals surface area contributed by atoms with Gasteiger partial charge in [0, 0.05) is 47.4 Å². The van der Waals surface area contributed by atoms with Crippen molar-refractivity contribution in [1.29, 1.82) is 0 Å². The Morgan fingerprint density at radius 1 is 1.12 bits per heavy atom. The van der Waals surface area contributed by atoms with Gasteiger partial charge in [0.2, 0.25) is 5.91 Å². The molecular weight excluding hydrogens is 464 g/mol. The number of piperidine rings is 1. The fourth-order valence-electron chi connectivity index (χ4n) is 4.06. The van der Waals surface area contributed by atoms with E-state index in [1.54, 1.807) is 24.2 Å². The first kappa shape index (κ1) is 24.4. The summed E-state index contributed by atoms with van der Waals surface area (Å²) in [6.07, 6.45) is 5.22. The lowest BCUT2D eigenvalue weighted by atomic mass is 9.86. The molecular formula is C26H30N4O2S2. The normalized spacial score (nSPS) is 14.7. The number of likely N-dealkylation sites (tertiary alicyclic amines) is 1. The SMILES string of the molecule is CC(C)(C)c1ccccc1NC(=O)c1csc(C2CCN(C(=O)CSc3ccncc3)CC2)n1. The highest BCUT2D eigenvalue weighted by Crippen LogP contribution is 2.32. The molecule has 3 heterocycles. The van der Waals surface area contributed by atoms with Crippen LogP contribution in [0, 0.1) is 0 Å². The van der Waals surface area contributed by atoms with Crippen LogP contribution in [0.15, 0.2) is 59.1 Å². The summed E-state index contributed by atoms with van der Waals surface area (Å²) in [6.45, 7) is 7.84. The second-order valence-electron chi connectivity index (χ2n) is 9.45. The van der Waals surface area contributed by atoms with Crippen LogP contribution in [0.25, 0.3) is 0 Å². The average Bonchev–Trinajstić information content (AvgIpc) is 3.34. The molecule has 0 unspecified atom stereocenters. The monoisotopic (exact) mass is 494 g/mol. The molecule has 3 aromatic rings. The number of benzene rings is 1. The molecule has 0 saturated carbocycles. The third-order valence-electron chi connectivity index (χ3n) is 5.95. The maximum Gasteiger partial charge on any atom is 0.275 e. The van der Waals surface area contributed by atoms with Crippen LogP contribution in [0.4, 0.5) is 5.69 Å². The number of rotatable bonds is 6. The molecule has 4 rings (SSSR count). The van der Waals surface area contributed by atoms with E-state index < -0.39 is 0 Å². The van der Waals surface area contributed by atoms with Crippen molar-refractivity contribution in [2.45, 2.75) is 49.8 Å². The Balaban J connectivity index is 1.31. The lowest BCUT2D eigenvalue weighted by molar-refractivity contribution is -0.129. The minimum atomic E-state index is -0.181. The highest BCUT2D eigenvalue weighted by atomic mass is 32.2. The third-order valence-corrected chi connectivity index (χ3v) is 7.95. The van der Waals surface area contributed by atoms with Crippen LogP contribution in [-0.2, 0) is 10.2 Å². The Bertz CT molecular complexity index is 1130. The topological polar surface area (TPSA) is 75.2 Å². The number of hydrogen-bond donors (Lipinski definition) is 1. The Kier molecular flexibility index (Phi) is 7.68. The van der Waals surface area contributed by atoms with Gasteiger partial charge in [0.15, 0.2) is 0 Å². The van der Waals surface area contributed by atoms with Crippen molar-refractivity contribution in [2.75, 3.05) is 24.2 Å². The summed E-state index contributed by atoms with van der Waals surface area (Å²) in [6, 6.07) is 11.7. The van der Waals surface area contributed by atoms with Crippen molar-refractivity contribution in [3.8, 4) is 0 Å². The highest BCUT2D eigenvalue weighted by molar-refractivity contribution is 8.00. The number of pyridine rings is 1. The summed E-state index contributed by atoms with van der Waals surface area (Å²) >= 11 is 3.08. The van der Waals surface area contributed by atoms with Gasteiger partial charge in [-0.2, -0.15) is 0 Å². The molecule has 2 aromatic heterocycles. The number of aromatic nitrogens is 2. The molecule has 2 amide bonds. The fraction of sp³-hybridized carbons (Fsp3) is 0.385. The molecule has 8 heteroatoms. The average molecular weight is 495 g/mol. The number of nitrogens with one attached hydrogen (secondary N) is 1. The number of nitrogens with zero attached hydrogens (tertiary/aromatic N) is 3. The van der Waals surface area contributed by atoms with Crippen molar-refractivity contribution in [3.05, 3.63) is 70.4 Å². The first-order valence-electron chi connectivity index (χ1n) is 11.5. The van der Waals surface area contributed by atoms with Crippen LogP contribution in [0.1, 0.15) is 60.6 Å². The number of amides is 2. The van der Waals surface area contributed by atoms with Gasteiger partial charge in [0.25, 0.3) is 5.91 Å². The van der Waals surface area contributed by atoms with Crippen molar-refractivity contribution in [2.24, 2.45) is 0 Å². The zero-order valence-electron chi connectivity index (χ0n) is 19.8. The largest absolute Gasteiger partial charge is 0.342 e. The molecule has 1 fully saturated rings. The summed E-state index contributed by atoms with van der Waals surface area (Å²) in [4.78, 5) is 37.2. The molecule has 34 heavy (non-hydrogen) atoms. The zero-order valence-corrected chi connectivity index (χ0v) is 21.4. The maximum absolute atomic E-state index is 12.9. The summed E-state index contributed by atoms with van der Waals surface area (Å²) < 4.78 is 0. The van der Waals surface area contributed by atoms with Crippen LogP contribution in [0.2, 0.25) is 0 Å².